The summed E-state index contributed by atoms with van der Waals surface area (Å²) in [5, 5.41) is 0.315. The number of benzene rings is 2. The van der Waals surface area contributed by atoms with E-state index in [1.165, 1.54) is 30.3 Å². The van der Waals surface area contributed by atoms with Gasteiger partial charge < -0.3 is 4.90 Å². The molecule has 0 saturated carbocycles. The van der Waals surface area contributed by atoms with Gasteiger partial charge in [0, 0.05) is 17.1 Å². The Morgan fingerprint density at radius 3 is 2.50 bits per heavy atom. The molecule has 0 fully saturated rings. The molecule has 2 aromatic rings. The molecule has 0 aliphatic heterocycles. The highest BCUT2D eigenvalue weighted by molar-refractivity contribution is 7.92. The van der Waals surface area contributed by atoms with Gasteiger partial charge in [0.2, 0.25) is 0 Å². The summed E-state index contributed by atoms with van der Waals surface area (Å²) in [5.41, 5.74) is 0.663. The second kappa shape index (κ2) is 6.64. The van der Waals surface area contributed by atoms with Crippen LogP contribution in [0.5, 0.6) is 0 Å². The van der Waals surface area contributed by atoms with E-state index in [0.717, 1.165) is 0 Å². The summed E-state index contributed by atoms with van der Waals surface area (Å²) in [6, 6.07) is 10.1. The third-order valence-electron chi connectivity index (χ3n) is 2.90. The van der Waals surface area contributed by atoms with Crippen molar-refractivity contribution in [2.75, 3.05) is 18.8 Å². The van der Waals surface area contributed by atoms with Crippen LogP contribution in [0, 0.1) is 5.82 Å². The number of sulfonamides is 1. The molecule has 0 heterocycles. The SMILES string of the molecule is CN(C)Cc1ccc(NS(=O)(=O)c2cccc(Cl)c2)cc1F. The summed E-state index contributed by atoms with van der Waals surface area (Å²) in [4.78, 5) is 1.85. The van der Waals surface area contributed by atoms with Crippen molar-refractivity contribution in [3.63, 3.8) is 0 Å². The van der Waals surface area contributed by atoms with E-state index in [2.05, 4.69) is 4.72 Å². The highest BCUT2D eigenvalue weighted by Gasteiger charge is 2.15. The van der Waals surface area contributed by atoms with Crippen molar-refractivity contribution in [1.82, 2.24) is 4.90 Å². The van der Waals surface area contributed by atoms with Crippen molar-refractivity contribution in [1.29, 1.82) is 0 Å². The zero-order valence-corrected chi connectivity index (χ0v) is 13.7. The summed E-state index contributed by atoms with van der Waals surface area (Å²) in [6.45, 7) is 0.438. The van der Waals surface area contributed by atoms with Crippen LogP contribution in [0.15, 0.2) is 47.4 Å². The molecular formula is C15H16ClFN2O2S. The van der Waals surface area contributed by atoms with Crippen LogP contribution in [0.1, 0.15) is 5.56 Å². The lowest BCUT2D eigenvalue weighted by molar-refractivity contribution is 0.392. The Labute approximate surface area is 134 Å². The van der Waals surface area contributed by atoms with E-state index < -0.39 is 15.8 Å². The number of nitrogens with one attached hydrogen (secondary N) is 1. The van der Waals surface area contributed by atoms with E-state index in [1.54, 1.807) is 12.1 Å². The zero-order chi connectivity index (χ0) is 16.3. The summed E-state index contributed by atoms with van der Waals surface area (Å²) in [6.07, 6.45) is 0. The van der Waals surface area contributed by atoms with E-state index in [1.807, 2.05) is 19.0 Å². The Morgan fingerprint density at radius 2 is 1.91 bits per heavy atom. The van der Waals surface area contributed by atoms with Gasteiger partial charge in [0.05, 0.1) is 10.6 Å². The van der Waals surface area contributed by atoms with E-state index >= 15 is 0 Å². The normalized spacial score (nSPS) is 11.7. The van der Waals surface area contributed by atoms with Crippen LogP contribution in [-0.4, -0.2) is 27.4 Å². The molecule has 2 aromatic carbocycles. The Bertz CT molecular complexity index is 779. The van der Waals surface area contributed by atoms with Crippen LogP contribution in [0.2, 0.25) is 5.02 Å². The highest BCUT2D eigenvalue weighted by Crippen LogP contribution is 2.21. The summed E-state index contributed by atoms with van der Waals surface area (Å²) in [5.74, 6) is -0.458. The van der Waals surface area contributed by atoms with Gasteiger partial charge in [-0.15, -0.1) is 0 Å². The summed E-state index contributed by atoms with van der Waals surface area (Å²) in [7, 11) is -0.143. The molecule has 1 N–H and O–H groups in total. The van der Waals surface area contributed by atoms with Gasteiger partial charge >= 0.3 is 0 Å². The van der Waals surface area contributed by atoms with Crippen LogP contribution in [0.3, 0.4) is 0 Å². The fourth-order valence-corrected chi connectivity index (χ4v) is 3.28. The topological polar surface area (TPSA) is 49.4 Å². The van der Waals surface area contributed by atoms with Crippen molar-refractivity contribution in [2.24, 2.45) is 0 Å². The first kappa shape index (κ1) is 16.7. The first-order valence-corrected chi connectivity index (χ1v) is 8.35. The Balaban J connectivity index is 2.25. The van der Waals surface area contributed by atoms with Crippen LogP contribution in [0.25, 0.3) is 0 Å². The smallest absolute Gasteiger partial charge is 0.261 e. The minimum atomic E-state index is -3.80. The predicted molar refractivity (Wildman–Crippen MR) is 86.1 cm³/mol. The summed E-state index contributed by atoms with van der Waals surface area (Å²) < 4.78 is 40.8. The molecule has 0 amide bonds. The molecule has 0 unspecified atom stereocenters. The number of halogens is 2. The molecule has 0 aromatic heterocycles. The maximum absolute atomic E-state index is 14.0. The summed E-state index contributed by atoms with van der Waals surface area (Å²) >= 11 is 5.79. The monoisotopic (exact) mass is 342 g/mol. The number of hydrogen-bond acceptors (Lipinski definition) is 3. The molecule has 2 rings (SSSR count). The molecular weight excluding hydrogens is 327 g/mol. The van der Waals surface area contributed by atoms with E-state index in [9.17, 15) is 12.8 Å². The maximum atomic E-state index is 14.0. The van der Waals surface area contributed by atoms with Gasteiger partial charge in [-0.2, -0.15) is 0 Å². The Morgan fingerprint density at radius 1 is 1.18 bits per heavy atom. The molecule has 0 atom stereocenters. The van der Waals surface area contributed by atoms with E-state index in [0.29, 0.717) is 17.1 Å². The Hall–Kier alpha value is -1.63. The highest BCUT2D eigenvalue weighted by atomic mass is 35.5. The molecule has 0 bridgehead atoms. The standard InChI is InChI=1S/C15H16ClFN2O2S/c1-19(2)10-11-6-7-13(9-15(11)17)18-22(20,21)14-5-3-4-12(16)8-14/h3-9,18H,10H2,1-2H3. The average molecular weight is 343 g/mol. The molecule has 22 heavy (non-hydrogen) atoms. The van der Waals surface area contributed by atoms with Gasteiger partial charge in [0.25, 0.3) is 10.0 Å². The van der Waals surface area contributed by atoms with Crippen molar-refractivity contribution in [3.8, 4) is 0 Å². The second-order valence-electron chi connectivity index (χ2n) is 5.11. The quantitative estimate of drug-likeness (QED) is 0.906. The molecule has 0 radical (unpaired) electrons. The zero-order valence-electron chi connectivity index (χ0n) is 12.2. The average Bonchev–Trinajstić information content (AvgIpc) is 2.41. The minimum Gasteiger partial charge on any atom is -0.305 e. The first-order chi connectivity index (χ1) is 10.3. The maximum Gasteiger partial charge on any atom is 0.261 e. The van der Waals surface area contributed by atoms with E-state index in [4.69, 9.17) is 11.6 Å². The molecule has 0 aliphatic rings. The second-order valence-corrected chi connectivity index (χ2v) is 7.23. The molecule has 0 saturated heterocycles. The van der Waals surface area contributed by atoms with Gasteiger partial charge in [-0.05, 0) is 44.4 Å². The van der Waals surface area contributed by atoms with Gasteiger partial charge in [0.1, 0.15) is 5.82 Å². The minimum absolute atomic E-state index is 0.0257. The fraction of sp³-hybridized carbons (Fsp3) is 0.200. The van der Waals surface area contributed by atoms with Crippen molar-refractivity contribution in [2.45, 2.75) is 11.4 Å². The van der Waals surface area contributed by atoms with Crippen molar-refractivity contribution >= 4 is 27.3 Å². The lowest BCUT2D eigenvalue weighted by atomic mass is 10.2. The molecule has 0 spiro atoms. The lowest BCUT2D eigenvalue weighted by Gasteiger charge is -2.12. The van der Waals surface area contributed by atoms with Crippen LogP contribution in [-0.2, 0) is 16.6 Å². The van der Waals surface area contributed by atoms with Gasteiger partial charge in [-0.25, -0.2) is 12.8 Å². The lowest BCUT2D eigenvalue weighted by Crippen LogP contribution is -2.14. The number of hydrogen-bond donors (Lipinski definition) is 1. The van der Waals surface area contributed by atoms with Crippen molar-refractivity contribution < 1.29 is 12.8 Å². The van der Waals surface area contributed by atoms with Crippen LogP contribution >= 0.6 is 11.6 Å². The van der Waals surface area contributed by atoms with Crippen molar-refractivity contribution in [3.05, 3.63) is 58.9 Å². The third kappa shape index (κ3) is 4.19. The van der Waals surface area contributed by atoms with Gasteiger partial charge in [0.15, 0.2) is 0 Å². The van der Waals surface area contributed by atoms with E-state index in [-0.39, 0.29) is 10.6 Å². The van der Waals surface area contributed by atoms with Gasteiger partial charge in [-0.3, -0.25) is 4.72 Å². The number of anilines is 1. The van der Waals surface area contributed by atoms with Crippen LogP contribution in [0.4, 0.5) is 10.1 Å². The third-order valence-corrected chi connectivity index (χ3v) is 4.51. The molecule has 118 valence electrons. The molecule has 7 heteroatoms. The fourth-order valence-electron chi connectivity index (χ4n) is 1.93. The van der Waals surface area contributed by atoms with Crippen LogP contribution < -0.4 is 4.72 Å². The van der Waals surface area contributed by atoms with Gasteiger partial charge in [-0.1, -0.05) is 23.7 Å². The molecule has 0 aliphatic carbocycles. The largest absolute Gasteiger partial charge is 0.305 e. The first-order valence-electron chi connectivity index (χ1n) is 6.49. The Kier molecular flexibility index (Phi) is 5.05. The predicted octanol–water partition coefficient (Wildman–Crippen LogP) is 3.34. The number of rotatable bonds is 5. The molecule has 4 nitrogen and oxygen atoms in total. The number of nitrogens with zero attached hydrogens (tertiary/aromatic N) is 1.